The molecule has 1 atom stereocenters. The van der Waals surface area contributed by atoms with Crippen molar-refractivity contribution in [1.29, 1.82) is 0 Å². The summed E-state index contributed by atoms with van der Waals surface area (Å²) in [7, 11) is 0. The van der Waals surface area contributed by atoms with Gasteiger partial charge in [0.1, 0.15) is 5.82 Å². The van der Waals surface area contributed by atoms with E-state index < -0.39 is 0 Å². The van der Waals surface area contributed by atoms with E-state index in [9.17, 15) is 4.79 Å². The molecule has 1 aromatic carbocycles. The normalized spacial score (nSPS) is 16.9. The van der Waals surface area contributed by atoms with E-state index >= 15 is 0 Å². The molecular formula is C25H34N6O. The second-order valence-corrected chi connectivity index (χ2v) is 8.82. The van der Waals surface area contributed by atoms with Gasteiger partial charge in [-0.1, -0.05) is 19.8 Å². The number of unbranched alkanes of at least 4 members (excludes halogenated alkanes) is 1. The zero-order valence-electron chi connectivity index (χ0n) is 19.4. The monoisotopic (exact) mass is 434 g/mol. The minimum atomic E-state index is -0.123. The van der Waals surface area contributed by atoms with Crippen LogP contribution in [0, 0.1) is 13.8 Å². The second-order valence-electron chi connectivity index (χ2n) is 8.82. The summed E-state index contributed by atoms with van der Waals surface area (Å²) in [6.07, 6.45) is 8.29. The predicted molar refractivity (Wildman–Crippen MR) is 127 cm³/mol. The lowest BCUT2D eigenvalue weighted by molar-refractivity contribution is -0.122. The average Bonchev–Trinajstić information content (AvgIpc) is 3.38. The molecule has 0 saturated carbocycles. The van der Waals surface area contributed by atoms with Crippen molar-refractivity contribution in [2.75, 3.05) is 11.9 Å². The third-order valence-corrected chi connectivity index (χ3v) is 6.13. The number of piperidine rings is 1. The van der Waals surface area contributed by atoms with Gasteiger partial charge in [-0.05, 0) is 70.0 Å². The molecule has 0 aliphatic carbocycles. The summed E-state index contributed by atoms with van der Waals surface area (Å²) in [5.41, 5.74) is 4.98. The van der Waals surface area contributed by atoms with Gasteiger partial charge in [0.25, 0.3) is 0 Å². The van der Waals surface area contributed by atoms with Crippen LogP contribution in [0.15, 0.2) is 36.5 Å². The minimum Gasteiger partial charge on any atom is -0.345 e. The molecule has 0 unspecified atom stereocenters. The number of amides is 1. The summed E-state index contributed by atoms with van der Waals surface area (Å²) in [6, 6.07) is 9.82. The van der Waals surface area contributed by atoms with Crippen LogP contribution in [-0.4, -0.2) is 43.1 Å². The summed E-state index contributed by atoms with van der Waals surface area (Å²) in [5, 5.41) is 7.65. The fourth-order valence-corrected chi connectivity index (χ4v) is 4.46. The molecule has 7 heteroatoms. The van der Waals surface area contributed by atoms with Crippen molar-refractivity contribution in [3.8, 4) is 5.69 Å². The summed E-state index contributed by atoms with van der Waals surface area (Å²) in [6.45, 7) is 7.88. The van der Waals surface area contributed by atoms with Crippen molar-refractivity contribution in [2.24, 2.45) is 0 Å². The molecule has 1 amide bonds. The molecule has 1 aliphatic heterocycles. The van der Waals surface area contributed by atoms with E-state index in [4.69, 9.17) is 0 Å². The average molecular weight is 435 g/mol. The number of rotatable bonds is 8. The molecule has 0 spiro atoms. The summed E-state index contributed by atoms with van der Waals surface area (Å²) < 4.78 is 1.92. The highest BCUT2D eigenvalue weighted by molar-refractivity contribution is 5.95. The maximum absolute atomic E-state index is 13.1. The van der Waals surface area contributed by atoms with E-state index in [1.54, 1.807) is 0 Å². The molecule has 32 heavy (non-hydrogen) atoms. The highest BCUT2D eigenvalue weighted by atomic mass is 16.2. The van der Waals surface area contributed by atoms with E-state index in [0.29, 0.717) is 0 Å². The number of aromatic amines is 1. The van der Waals surface area contributed by atoms with E-state index in [2.05, 4.69) is 38.3 Å². The van der Waals surface area contributed by atoms with E-state index in [1.807, 2.05) is 49.0 Å². The van der Waals surface area contributed by atoms with Gasteiger partial charge in [-0.25, -0.2) is 9.67 Å². The van der Waals surface area contributed by atoms with Gasteiger partial charge in [0.2, 0.25) is 5.91 Å². The van der Waals surface area contributed by atoms with Gasteiger partial charge >= 0.3 is 0 Å². The number of H-pyrrole nitrogens is 1. The molecule has 3 heterocycles. The van der Waals surface area contributed by atoms with Crippen LogP contribution >= 0.6 is 0 Å². The number of nitrogens with zero attached hydrogens (tertiary/aromatic N) is 4. The van der Waals surface area contributed by atoms with Crippen LogP contribution in [0.25, 0.3) is 5.69 Å². The van der Waals surface area contributed by atoms with Crippen molar-refractivity contribution in [3.05, 3.63) is 59.4 Å². The Labute approximate surface area is 190 Å². The lowest BCUT2D eigenvalue weighted by Gasteiger charge is -2.34. The van der Waals surface area contributed by atoms with Crippen LogP contribution in [0.1, 0.15) is 61.9 Å². The number of imidazole rings is 1. The Kier molecular flexibility index (Phi) is 7.05. The number of hydrogen-bond donors (Lipinski definition) is 2. The Morgan fingerprint density at radius 2 is 2.03 bits per heavy atom. The highest BCUT2D eigenvalue weighted by Gasteiger charge is 2.29. The van der Waals surface area contributed by atoms with Gasteiger partial charge in [0.15, 0.2) is 0 Å². The SMILES string of the molecule is CCCCc1ncc(CN2CCCC[C@@H]2C(=O)Nc2ccc(-n3nc(C)cc3C)cc2)[nH]1. The Morgan fingerprint density at radius 3 is 2.75 bits per heavy atom. The summed E-state index contributed by atoms with van der Waals surface area (Å²) in [4.78, 5) is 23.4. The first kappa shape index (κ1) is 22.3. The molecule has 1 saturated heterocycles. The first-order valence-electron chi connectivity index (χ1n) is 11.7. The van der Waals surface area contributed by atoms with Crippen molar-refractivity contribution in [2.45, 2.75) is 71.9 Å². The van der Waals surface area contributed by atoms with E-state index in [-0.39, 0.29) is 11.9 Å². The fourth-order valence-electron chi connectivity index (χ4n) is 4.46. The van der Waals surface area contributed by atoms with Gasteiger partial charge < -0.3 is 10.3 Å². The molecular weight excluding hydrogens is 400 g/mol. The number of benzene rings is 1. The maximum atomic E-state index is 13.1. The van der Waals surface area contributed by atoms with Crippen molar-refractivity contribution in [3.63, 3.8) is 0 Å². The number of hydrogen-bond acceptors (Lipinski definition) is 4. The van der Waals surface area contributed by atoms with Gasteiger partial charge in [-0.15, -0.1) is 0 Å². The van der Waals surface area contributed by atoms with Crippen LogP contribution < -0.4 is 5.32 Å². The van der Waals surface area contributed by atoms with E-state index in [1.165, 1.54) is 0 Å². The Morgan fingerprint density at radius 1 is 1.22 bits per heavy atom. The molecule has 7 nitrogen and oxygen atoms in total. The Balaban J connectivity index is 1.39. The minimum absolute atomic E-state index is 0.0642. The van der Waals surface area contributed by atoms with Crippen LogP contribution in [0.3, 0.4) is 0 Å². The number of nitrogens with one attached hydrogen (secondary N) is 2. The van der Waals surface area contributed by atoms with Crippen molar-refractivity contribution in [1.82, 2.24) is 24.6 Å². The third-order valence-electron chi connectivity index (χ3n) is 6.13. The van der Waals surface area contributed by atoms with Crippen LogP contribution in [0.4, 0.5) is 5.69 Å². The largest absolute Gasteiger partial charge is 0.345 e. The van der Waals surface area contributed by atoms with E-state index in [0.717, 1.165) is 85.9 Å². The first-order chi connectivity index (χ1) is 15.5. The number of likely N-dealkylation sites (tertiary alicyclic amines) is 1. The standard InChI is InChI=1S/C25H34N6O/c1-4-5-9-24-26-16-21(27-24)17-30-14-7-6-8-23(30)25(32)28-20-10-12-22(13-11-20)31-19(3)15-18(2)29-31/h10-13,15-16,23H,4-9,14,17H2,1-3H3,(H,26,27)(H,28,32)/t23-/m1/s1. The van der Waals surface area contributed by atoms with Crippen LogP contribution in [0.5, 0.6) is 0 Å². The van der Waals surface area contributed by atoms with Crippen LogP contribution in [-0.2, 0) is 17.8 Å². The van der Waals surface area contributed by atoms with Gasteiger partial charge in [0.05, 0.1) is 17.4 Å². The fraction of sp³-hybridized carbons (Fsp3) is 0.480. The first-order valence-corrected chi connectivity index (χ1v) is 11.7. The lowest BCUT2D eigenvalue weighted by Crippen LogP contribution is -2.46. The van der Waals surface area contributed by atoms with Gasteiger partial charge in [0, 0.05) is 36.2 Å². The molecule has 2 aromatic heterocycles. The zero-order valence-corrected chi connectivity index (χ0v) is 19.4. The summed E-state index contributed by atoms with van der Waals surface area (Å²) in [5.74, 6) is 1.11. The number of aryl methyl sites for hydroxylation is 3. The smallest absolute Gasteiger partial charge is 0.241 e. The Bertz CT molecular complexity index is 1040. The topological polar surface area (TPSA) is 78.8 Å². The molecule has 0 bridgehead atoms. The molecule has 2 N–H and O–H groups in total. The number of carbonyl (C=O) groups excluding carboxylic acids is 1. The Hall–Kier alpha value is -2.93. The maximum Gasteiger partial charge on any atom is 0.241 e. The quantitative estimate of drug-likeness (QED) is 0.545. The highest BCUT2D eigenvalue weighted by Crippen LogP contribution is 2.22. The van der Waals surface area contributed by atoms with Crippen molar-refractivity contribution < 1.29 is 4.79 Å². The number of carbonyl (C=O) groups is 1. The van der Waals surface area contributed by atoms with Crippen LogP contribution in [0.2, 0.25) is 0 Å². The molecule has 1 aliphatic rings. The molecule has 170 valence electrons. The second kappa shape index (κ2) is 10.1. The lowest BCUT2D eigenvalue weighted by atomic mass is 10.0. The molecule has 1 fully saturated rings. The number of anilines is 1. The van der Waals surface area contributed by atoms with Gasteiger partial charge in [-0.2, -0.15) is 5.10 Å². The molecule has 0 radical (unpaired) electrons. The number of aromatic nitrogens is 4. The molecule has 3 aromatic rings. The predicted octanol–water partition coefficient (Wildman–Crippen LogP) is 4.55. The third kappa shape index (κ3) is 5.27. The van der Waals surface area contributed by atoms with Gasteiger partial charge in [-0.3, -0.25) is 9.69 Å². The van der Waals surface area contributed by atoms with Crippen molar-refractivity contribution >= 4 is 11.6 Å². The zero-order chi connectivity index (χ0) is 22.5. The molecule has 4 rings (SSSR count). The summed E-state index contributed by atoms with van der Waals surface area (Å²) >= 11 is 0.